The molecule has 1 saturated heterocycles. The molecule has 1 unspecified atom stereocenters. The summed E-state index contributed by atoms with van der Waals surface area (Å²) in [5, 5.41) is 11.8. The second-order valence-corrected chi connectivity index (χ2v) is 8.46. The molecule has 2 heterocycles. The van der Waals surface area contributed by atoms with Gasteiger partial charge in [0.15, 0.2) is 0 Å². The molecule has 4 aromatic rings. The standard InChI is InChI=1S/C24H19ClN6O3/c1-24(18-8-4-6-15-5-2-3-7-17(15)18)22(33)30(23(34)29-24)12-21(32)28-19-11-16(25)9-10-20(19)31-14-26-13-27-31/h2-11,13-14H,12H2,1H3,(H,28,32)(H,29,34). The zero-order valence-electron chi connectivity index (χ0n) is 18.0. The topological polar surface area (TPSA) is 109 Å². The Morgan fingerprint density at radius 1 is 1.12 bits per heavy atom. The number of carbonyl (C=O) groups excluding carboxylic acids is 3. The Morgan fingerprint density at radius 2 is 1.91 bits per heavy atom. The van der Waals surface area contributed by atoms with Gasteiger partial charge in [0.25, 0.3) is 5.91 Å². The van der Waals surface area contributed by atoms with Crippen molar-refractivity contribution in [2.24, 2.45) is 0 Å². The molecule has 1 atom stereocenters. The smallest absolute Gasteiger partial charge is 0.323 e. The highest BCUT2D eigenvalue weighted by Crippen LogP contribution is 2.34. The SMILES string of the molecule is CC1(c2cccc3ccccc23)NC(=O)N(CC(=O)Nc2cc(Cl)ccc2-n2cncn2)C1=O. The van der Waals surface area contributed by atoms with E-state index in [4.69, 9.17) is 11.6 Å². The van der Waals surface area contributed by atoms with Crippen molar-refractivity contribution in [2.75, 3.05) is 11.9 Å². The van der Waals surface area contributed by atoms with E-state index in [0.29, 0.717) is 22.0 Å². The van der Waals surface area contributed by atoms with Gasteiger partial charge >= 0.3 is 6.03 Å². The molecule has 1 aliphatic heterocycles. The predicted molar refractivity (Wildman–Crippen MR) is 127 cm³/mol. The Kier molecular flexibility index (Phi) is 5.25. The Hall–Kier alpha value is -4.24. The Bertz CT molecular complexity index is 1430. The normalized spacial score (nSPS) is 17.8. The summed E-state index contributed by atoms with van der Waals surface area (Å²) >= 11 is 6.11. The number of aromatic nitrogens is 3. The van der Waals surface area contributed by atoms with Gasteiger partial charge in [-0.25, -0.2) is 14.5 Å². The number of rotatable bonds is 5. The lowest BCUT2D eigenvalue weighted by Gasteiger charge is -2.24. The molecule has 1 aliphatic rings. The van der Waals surface area contributed by atoms with E-state index < -0.39 is 29.9 Å². The molecule has 9 nitrogen and oxygen atoms in total. The fourth-order valence-electron chi connectivity index (χ4n) is 4.16. The van der Waals surface area contributed by atoms with E-state index in [-0.39, 0.29) is 0 Å². The highest BCUT2D eigenvalue weighted by atomic mass is 35.5. The van der Waals surface area contributed by atoms with Crippen molar-refractivity contribution in [3.8, 4) is 5.69 Å². The summed E-state index contributed by atoms with van der Waals surface area (Å²) in [6.45, 7) is 1.18. The fourth-order valence-corrected chi connectivity index (χ4v) is 4.33. The zero-order valence-corrected chi connectivity index (χ0v) is 18.8. The van der Waals surface area contributed by atoms with E-state index in [9.17, 15) is 14.4 Å². The van der Waals surface area contributed by atoms with E-state index in [0.717, 1.165) is 15.7 Å². The molecule has 10 heteroatoms. The molecular formula is C24H19ClN6O3. The average molecular weight is 475 g/mol. The monoisotopic (exact) mass is 474 g/mol. The minimum atomic E-state index is -1.31. The summed E-state index contributed by atoms with van der Waals surface area (Å²) in [6.07, 6.45) is 2.84. The number of nitrogens with one attached hydrogen (secondary N) is 2. The van der Waals surface area contributed by atoms with Crippen LogP contribution in [0.3, 0.4) is 0 Å². The summed E-state index contributed by atoms with van der Waals surface area (Å²) < 4.78 is 1.47. The van der Waals surface area contributed by atoms with Gasteiger partial charge < -0.3 is 10.6 Å². The maximum absolute atomic E-state index is 13.4. The number of urea groups is 1. The second-order valence-electron chi connectivity index (χ2n) is 8.02. The van der Waals surface area contributed by atoms with Crippen LogP contribution in [0.1, 0.15) is 12.5 Å². The van der Waals surface area contributed by atoms with Gasteiger partial charge in [-0.05, 0) is 41.5 Å². The van der Waals surface area contributed by atoms with Gasteiger partial charge in [-0.1, -0.05) is 54.1 Å². The largest absolute Gasteiger partial charge is 0.325 e. The fraction of sp³-hybridized carbons (Fsp3) is 0.125. The molecule has 1 aromatic heterocycles. The van der Waals surface area contributed by atoms with Crippen molar-refractivity contribution in [1.82, 2.24) is 25.0 Å². The van der Waals surface area contributed by atoms with Crippen LogP contribution >= 0.6 is 11.6 Å². The summed E-state index contributed by atoms with van der Waals surface area (Å²) in [5.41, 5.74) is 0.260. The summed E-state index contributed by atoms with van der Waals surface area (Å²) in [4.78, 5) is 43.9. The Labute approximate surface area is 199 Å². The first-order chi connectivity index (χ1) is 16.4. The summed E-state index contributed by atoms with van der Waals surface area (Å²) in [7, 11) is 0. The summed E-state index contributed by atoms with van der Waals surface area (Å²) in [5.74, 6) is -1.07. The highest BCUT2D eigenvalue weighted by Gasteiger charge is 2.50. The van der Waals surface area contributed by atoms with Crippen LogP contribution in [0.25, 0.3) is 16.5 Å². The molecule has 170 valence electrons. The first-order valence-corrected chi connectivity index (χ1v) is 10.8. The number of fused-ring (bicyclic) bond motifs is 1. The van der Waals surface area contributed by atoms with Crippen molar-refractivity contribution in [2.45, 2.75) is 12.5 Å². The lowest BCUT2D eigenvalue weighted by molar-refractivity contribution is -0.133. The lowest BCUT2D eigenvalue weighted by atomic mass is 9.88. The third kappa shape index (κ3) is 3.65. The van der Waals surface area contributed by atoms with Gasteiger partial charge in [0.05, 0.1) is 11.4 Å². The minimum absolute atomic E-state index is 0.367. The van der Waals surface area contributed by atoms with Crippen LogP contribution in [0.15, 0.2) is 73.3 Å². The predicted octanol–water partition coefficient (Wildman–Crippen LogP) is 3.48. The van der Waals surface area contributed by atoms with Crippen LogP contribution in [-0.4, -0.2) is 44.1 Å². The molecule has 34 heavy (non-hydrogen) atoms. The van der Waals surface area contributed by atoms with Crippen LogP contribution < -0.4 is 10.6 Å². The van der Waals surface area contributed by atoms with Crippen LogP contribution in [0.5, 0.6) is 0 Å². The number of imide groups is 1. The van der Waals surface area contributed by atoms with Crippen molar-refractivity contribution >= 4 is 45.9 Å². The number of hydrogen-bond donors (Lipinski definition) is 2. The molecule has 4 amide bonds. The molecule has 0 aliphatic carbocycles. The molecule has 2 N–H and O–H groups in total. The van der Waals surface area contributed by atoms with Crippen LogP contribution in [0.4, 0.5) is 10.5 Å². The van der Waals surface area contributed by atoms with E-state index in [1.807, 2.05) is 36.4 Å². The number of hydrogen-bond acceptors (Lipinski definition) is 5. The maximum atomic E-state index is 13.4. The van der Waals surface area contributed by atoms with E-state index in [2.05, 4.69) is 20.7 Å². The van der Waals surface area contributed by atoms with E-state index in [1.165, 1.54) is 17.3 Å². The van der Waals surface area contributed by atoms with Gasteiger partial charge in [-0.3, -0.25) is 14.5 Å². The molecule has 0 radical (unpaired) electrons. The van der Waals surface area contributed by atoms with E-state index >= 15 is 0 Å². The average Bonchev–Trinajstić information content (AvgIpc) is 3.42. The van der Waals surface area contributed by atoms with Gasteiger partial charge in [-0.15, -0.1) is 0 Å². The Morgan fingerprint density at radius 3 is 2.71 bits per heavy atom. The van der Waals surface area contributed by atoms with Gasteiger partial charge in [-0.2, -0.15) is 5.10 Å². The molecule has 5 rings (SSSR count). The second kappa shape index (κ2) is 8.27. The number of anilines is 1. The third-order valence-corrected chi connectivity index (χ3v) is 6.04. The molecular weight excluding hydrogens is 456 g/mol. The summed E-state index contributed by atoms with van der Waals surface area (Å²) in [6, 6.07) is 17.4. The lowest BCUT2D eigenvalue weighted by Crippen LogP contribution is -2.42. The molecule has 0 saturated carbocycles. The van der Waals surface area contributed by atoms with Crippen LogP contribution in [-0.2, 0) is 15.1 Å². The van der Waals surface area contributed by atoms with E-state index in [1.54, 1.807) is 31.2 Å². The highest BCUT2D eigenvalue weighted by molar-refractivity contribution is 6.31. The Balaban J connectivity index is 1.40. The van der Waals surface area contributed by atoms with Crippen molar-refractivity contribution in [3.63, 3.8) is 0 Å². The van der Waals surface area contributed by atoms with Gasteiger partial charge in [0.1, 0.15) is 24.7 Å². The van der Waals surface area contributed by atoms with Crippen molar-refractivity contribution < 1.29 is 14.4 Å². The van der Waals surface area contributed by atoms with Gasteiger partial charge in [0, 0.05) is 5.02 Å². The quantitative estimate of drug-likeness (QED) is 0.430. The van der Waals surface area contributed by atoms with Crippen molar-refractivity contribution in [3.05, 3.63) is 83.9 Å². The number of amides is 4. The molecule has 0 spiro atoms. The van der Waals surface area contributed by atoms with Crippen molar-refractivity contribution in [1.29, 1.82) is 0 Å². The molecule has 3 aromatic carbocycles. The zero-order chi connectivity index (χ0) is 23.9. The minimum Gasteiger partial charge on any atom is -0.323 e. The number of carbonyl (C=O) groups is 3. The first-order valence-electron chi connectivity index (χ1n) is 10.4. The number of benzene rings is 3. The number of halogens is 1. The van der Waals surface area contributed by atoms with Crippen LogP contribution in [0, 0.1) is 0 Å². The molecule has 1 fully saturated rings. The van der Waals surface area contributed by atoms with Crippen LogP contribution in [0.2, 0.25) is 5.02 Å². The first kappa shape index (κ1) is 21.6. The third-order valence-electron chi connectivity index (χ3n) is 5.80. The number of nitrogens with zero attached hydrogens (tertiary/aromatic N) is 4. The maximum Gasteiger partial charge on any atom is 0.325 e. The van der Waals surface area contributed by atoms with Gasteiger partial charge in [0.2, 0.25) is 5.91 Å². The molecule has 0 bridgehead atoms.